The highest BCUT2D eigenvalue weighted by molar-refractivity contribution is 5.95. The Morgan fingerprint density at radius 3 is 2.42 bits per heavy atom. The average molecular weight is 351 g/mol. The molecule has 3 aromatic rings. The Hall–Kier alpha value is -2.95. The van der Waals surface area contributed by atoms with Crippen molar-refractivity contribution in [2.24, 2.45) is 0 Å². The van der Waals surface area contributed by atoms with Gasteiger partial charge in [0.05, 0.1) is 17.5 Å². The summed E-state index contributed by atoms with van der Waals surface area (Å²) in [6, 6.07) is 14.6. The first-order valence-corrected chi connectivity index (χ1v) is 8.64. The molecule has 0 N–H and O–H groups in total. The first kappa shape index (κ1) is 17.9. The third kappa shape index (κ3) is 3.52. The molecule has 0 bridgehead atoms. The molecule has 26 heavy (non-hydrogen) atoms. The van der Waals surface area contributed by atoms with Crippen LogP contribution < -0.4 is 0 Å². The van der Waals surface area contributed by atoms with Crippen LogP contribution in [0, 0.1) is 12.7 Å². The van der Waals surface area contributed by atoms with Gasteiger partial charge in [-0.05, 0) is 36.6 Å². The fraction of sp³-hybridized carbons (Fsp3) is 0.238. The number of aryl methyl sites for hydroxylation is 1. The van der Waals surface area contributed by atoms with Gasteiger partial charge in [-0.15, -0.1) is 0 Å². The zero-order chi connectivity index (χ0) is 18.7. The van der Waals surface area contributed by atoms with Gasteiger partial charge in [0.25, 0.3) is 5.91 Å². The maximum absolute atomic E-state index is 14.0. The third-order valence-corrected chi connectivity index (χ3v) is 4.52. The van der Waals surface area contributed by atoms with E-state index in [4.69, 9.17) is 0 Å². The van der Waals surface area contributed by atoms with Crippen LogP contribution in [0.5, 0.6) is 0 Å². The lowest BCUT2D eigenvalue weighted by Crippen LogP contribution is -2.26. The fourth-order valence-corrected chi connectivity index (χ4v) is 2.92. The van der Waals surface area contributed by atoms with Gasteiger partial charge in [-0.25, -0.2) is 9.07 Å². The largest absolute Gasteiger partial charge is 0.337 e. The molecule has 4 nitrogen and oxygen atoms in total. The van der Waals surface area contributed by atoms with Crippen molar-refractivity contribution in [2.45, 2.75) is 26.8 Å². The molecular weight excluding hydrogens is 329 g/mol. The van der Waals surface area contributed by atoms with Crippen LogP contribution in [0.2, 0.25) is 0 Å². The summed E-state index contributed by atoms with van der Waals surface area (Å²) in [5, 5.41) is 4.21. The molecule has 0 spiro atoms. The second-order valence-electron chi connectivity index (χ2n) is 6.34. The van der Waals surface area contributed by atoms with Crippen molar-refractivity contribution in [2.75, 3.05) is 7.05 Å². The number of carbonyl (C=O) groups excluding carboxylic acids is 1. The van der Waals surface area contributed by atoms with Crippen molar-refractivity contribution >= 4 is 5.91 Å². The Bertz CT molecular complexity index is 915. The van der Waals surface area contributed by atoms with E-state index in [9.17, 15) is 9.18 Å². The highest BCUT2D eigenvalue weighted by Crippen LogP contribution is 2.19. The molecule has 0 radical (unpaired) electrons. The monoisotopic (exact) mass is 351 g/mol. The quantitative estimate of drug-likeness (QED) is 0.692. The van der Waals surface area contributed by atoms with Crippen LogP contribution >= 0.6 is 0 Å². The highest BCUT2D eigenvalue weighted by atomic mass is 19.1. The molecule has 1 heterocycles. The van der Waals surface area contributed by atoms with Crippen molar-refractivity contribution in [1.29, 1.82) is 0 Å². The second-order valence-corrected chi connectivity index (χ2v) is 6.34. The number of rotatable bonds is 5. The van der Waals surface area contributed by atoms with E-state index in [0.717, 1.165) is 12.0 Å². The molecule has 134 valence electrons. The van der Waals surface area contributed by atoms with E-state index in [1.54, 1.807) is 37.1 Å². The van der Waals surface area contributed by atoms with Gasteiger partial charge in [-0.1, -0.05) is 43.3 Å². The maximum Gasteiger partial charge on any atom is 0.257 e. The molecule has 5 heteroatoms. The first-order chi connectivity index (χ1) is 12.5. The normalized spacial score (nSPS) is 10.8. The molecule has 0 fully saturated rings. The highest BCUT2D eigenvalue weighted by Gasteiger charge is 2.20. The second kappa shape index (κ2) is 7.52. The number of hydrogen-bond donors (Lipinski definition) is 0. The number of hydrogen-bond acceptors (Lipinski definition) is 2. The van der Waals surface area contributed by atoms with E-state index in [1.807, 2.05) is 12.1 Å². The summed E-state index contributed by atoms with van der Waals surface area (Å²) >= 11 is 0. The summed E-state index contributed by atoms with van der Waals surface area (Å²) in [4.78, 5) is 14.5. The Morgan fingerprint density at radius 2 is 1.77 bits per heavy atom. The van der Waals surface area contributed by atoms with Crippen LogP contribution in [-0.4, -0.2) is 27.6 Å². The predicted octanol–water partition coefficient (Wildman–Crippen LogP) is 4.15. The van der Waals surface area contributed by atoms with Crippen molar-refractivity contribution in [1.82, 2.24) is 14.7 Å². The van der Waals surface area contributed by atoms with E-state index in [-0.39, 0.29) is 11.7 Å². The first-order valence-electron chi connectivity index (χ1n) is 8.64. The number of benzene rings is 2. The summed E-state index contributed by atoms with van der Waals surface area (Å²) < 4.78 is 15.5. The molecule has 0 aliphatic heterocycles. The van der Waals surface area contributed by atoms with Crippen LogP contribution in [0.3, 0.4) is 0 Å². The van der Waals surface area contributed by atoms with Gasteiger partial charge in [0, 0.05) is 13.6 Å². The molecular formula is C21H22FN3O. The molecule has 1 aromatic heterocycles. The summed E-state index contributed by atoms with van der Waals surface area (Å²) in [7, 11) is 1.76. The van der Waals surface area contributed by atoms with Crippen LogP contribution in [0.25, 0.3) is 5.69 Å². The Labute approximate surface area is 152 Å². The van der Waals surface area contributed by atoms with Gasteiger partial charge in [0.1, 0.15) is 11.5 Å². The zero-order valence-corrected chi connectivity index (χ0v) is 15.2. The Morgan fingerprint density at radius 1 is 1.12 bits per heavy atom. The van der Waals surface area contributed by atoms with Crippen molar-refractivity contribution in [3.05, 3.63) is 82.9 Å². The van der Waals surface area contributed by atoms with Gasteiger partial charge in [-0.3, -0.25) is 4.79 Å². The molecule has 3 rings (SSSR count). The molecule has 0 saturated carbocycles. The summed E-state index contributed by atoms with van der Waals surface area (Å²) in [6.45, 7) is 4.39. The van der Waals surface area contributed by atoms with E-state index in [1.165, 1.54) is 22.5 Å². The lowest BCUT2D eigenvalue weighted by molar-refractivity contribution is 0.0784. The summed E-state index contributed by atoms with van der Waals surface area (Å²) in [6.07, 6.45) is 2.49. The number of carbonyl (C=O) groups is 1. The third-order valence-electron chi connectivity index (χ3n) is 4.52. The topological polar surface area (TPSA) is 38.1 Å². The number of aromatic nitrogens is 2. The van der Waals surface area contributed by atoms with Gasteiger partial charge < -0.3 is 4.90 Å². The summed E-state index contributed by atoms with van der Waals surface area (Å²) in [5.74, 6) is -0.508. The van der Waals surface area contributed by atoms with Gasteiger partial charge in [0.15, 0.2) is 0 Å². The molecule has 0 aliphatic carbocycles. The minimum atomic E-state index is -0.373. The number of amides is 1. The number of nitrogens with zero attached hydrogens (tertiary/aromatic N) is 3. The predicted molar refractivity (Wildman–Crippen MR) is 99.9 cm³/mol. The van der Waals surface area contributed by atoms with Crippen molar-refractivity contribution in [3.8, 4) is 5.69 Å². The maximum atomic E-state index is 14.0. The standard InChI is InChI=1S/C21H22FN3O/c1-4-16-9-11-17(12-10-16)14-24(3)21(26)18-13-23-25(15(18)2)20-8-6-5-7-19(20)22/h5-13H,4,14H2,1-3H3. The van der Waals surface area contributed by atoms with Crippen LogP contribution in [0.4, 0.5) is 4.39 Å². The SMILES string of the molecule is CCc1ccc(CN(C)C(=O)c2cnn(-c3ccccc3F)c2C)cc1. The lowest BCUT2D eigenvalue weighted by Gasteiger charge is -2.17. The van der Waals surface area contributed by atoms with E-state index in [0.29, 0.717) is 23.5 Å². The molecule has 2 aromatic carbocycles. The minimum Gasteiger partial charge on any atom is -0.337 e. The van der Waals surface area contributed by atoms with Crippen LogP contribution in [-0.2, 0) is 13.0 Å². The van der Waals surface area contributed by atoms with E-state index in [2.05, 4.69) is 24.2 Å². The molecule has 0 saturated heterocycles. The Kier molecular flexibility index (Phi) is 5.16. The fourth-order valence-electron chi connectivity index (χ4n) is 2.92. The molecule has 0 atom stereocenters. The van der Waals surface area contributed by atoms with Crippen molar-refractivity contribution < 1.29 is 9.18 Å². The van der Waals surface area contributed by atoms with E-state index < -0.39 is 0 Å². The summed E-state index contributed by atoms with van der Waals surface area (Å²) in [5.41, 5.74) is 3.76. The number of para-hydroxylation sites is 1. The zero-order valence-electron chi connectivity index (χ0n) is 15.2. The van der Waals surface area contributed by atoms with Gasteiger partial charge >= 0.3 is 0 Å². The van der Waals surface area contributed by atoms with Crippen molar-refractivity contribution in [3.63, 3.8) is 0 Å². The van der Waals surface area contributed by atoms with Crippen LogP contribution in [0.1, 0.15) is 34.1 Å². The average Bonchev–Trinajstić information content (AvgIpc) is 3.03. The minimum absolute atomic E-state index is 0.135. The lowest BCUT2D eigenvalue weighted by atomic mass is 10.1. The smallest absolute Gasteiger partial charge is 0.257 e. The van der Waals surface area contributed by atoms with Gasteiger partial charge in [-0.2, -0.15) is 5.10 Å². The molecule has 1 amide bonds. The van der Waals surface area contributed by atoms with Gasteiger partial charge in [0.2, 0.25) is 0 Å². The Balaban J connectivity index is 1.80. The van der Waals surface area contributed by atoms with E-state index >= 15 is 0 Å². The number of halogens is 1. The molecule has 0 unspecified atom stereocenters. The van der Waals surface area contributed by atoms with Crippen LogP contribution in [0.15, 0.2) is 54.7 Å². The molecule has 0 aliphatic rings.